The molecule has 3 heterocycles. The van der Waals surface area contributed by atoms with Crippen molar-refractivity contribution in [2.75, 3.05) is 18.4 Å². The number of nitrogens with one attached hydrogen (secondary N) is 1. The zero-order valence-corrected chi connectivity index (χ0v) is 18.6. The van der Waals surface area contributed by atoms with Crippen LogP contribution >= 0.6 is 15.9 Å². The molecule has 4 rings (SSSR count). The van der Waals surface area contributed by atoms with Crippen LogP contribution in [0.15, 0.2) is 58.2 Å². The summed E-state index contributed by atoms with van der Waals surface area (Å²) in [6, 6.07) is 9.82. The average Bonchev–Trinajstić information content (AvgIpc) is 3.09. The van der Waals surface area contributed by atoms with E-state index in [0.29, 0.717) is 5.69 Å². The van der Waals surface area contributed by atoms with Gasteiger partial charge in [-0.15, -0.1) is 0 Å². The molecule has 1 saturated heterocycles. The number of carbonyl (C=O) groups excluding carboxylic acids is 1. The first-order valence-corrected chi connectivity index (χ1v) is 11.9. The number of aromatic nitrogens is 2. The van der Waals surface area contributed by atoms with Gasteiger partial charge in [0, 0.05) is 35.0 Å². The number of nitrogens with zero attached hydrogens (tertiary/aromatic N) is 3. The molecule has 0 unspecified atom stereocenters. The Morgan fingerprint density at radius 1 is 1.13 bits per heavy atom. The molecule has 2 aromatic heterocycles. The molecule has 1 aromatic carbocycles. The molecule has 158 valence electrons. The van der Waals surface area contributed by atoms with Gasteiger partial charge in [-0.05, 0) is 78.3 Å². The lowest BCUT2D eigenvalue weighted by Crippen LogP contribution is -2.37. The van der Waals surface area contributed by atoms with Crippen LogP contribution in [0.1, 0.15) is 18.5 Å². The largest absolute Gasteiger partial charge is 0.326 e. The number of halogens is 1. The van der Waals surface area contributed by atoms with E-state index < -0.39 is 10.0 Å². The molecule has 10 heteroatoms. The van der Waals surface area contributed by atoms with Crippen molar-refractivity contribution in [3.63, 3.8) is 0 Å². The number of likely N-dealkylation sites (tertiary alicyclic amines) is 1. The van der Waals surface area contributed by atoms with Crippen LogP contribution in [-0.4, -0.2) is 41.7 Å². The number of sulfonamides is 1. The zero-order chi connectivity index (χ0) is 21.3. The number of hydrogen-bond donors (Lipinski definition) is 2. The van der Waals surface area contributed by atoms with E-state index in [0.717, 1.165) is 48.3 Å². The number of benzene rings is 1. The van der Waals surface area contributed by atoms with Gasteiger partial charge in [0.15, 0.2) is 0 Å². The van der Waals surface area contributed by atoms with Crippen molar-refractivity contribution in [1.82, 2.24) is 14.3 Å². The molecule has 0 aliphatic carbocycles. The van der Waals surface area contributed by atoms with Crippen molar-refractivity contribution in [2.45, 2.75) is 24.3 Å². The van der Waals surface area contributed by atoms with Gasteiger partial charge in [0.1, 0.15) is 5.65 Å². The number of imidazole rings is 1. The van der Waals surface area contributed by atoms with Crippen LogP contribution < -0.4 is 10.5 Å². The normalized spacial score (nSPS) is 16.1. The Balaban J connectivity index is 1.30. The smallest absolute Gasteiger partial charge is 0.238 e. The molecule has 30 heavy (non-hydrogen) atoms. The van der Waals surface area contributed by atoms with E-state index in [9.17, 15) is 13.2 Å². The first-order valence-electron chi connectivity index (χ1n) is 9.57. The molecule has 0 radical (unpaired) electrons. The van der Waals surface area contributed by atoms with E-state index in [1.54, 1.807) is 12.1 Å². The maximum Gasteiger partial charge on any atom is 0.238 e. The molecule has 0 spiro atoms. The van der Waals surface area contributed by atoms with Gasteiger partial charge in [0.2, 0.25) is 15.9 Å². The fraction of sp³-hybridized carbons (Fsp3) is 0.300. The summed E-state index contributed by atoms with van der Waals surface area (Å²) in [5.41, 5.74) is 2.48. The van der Waals surface area contributed by atoms with Gasteiger partial charge in [-0.1, -0.05) is 0 Å². The Morgan fingerprint density at radius 3 is 2.50 bits per heavy atom. The molecule has 3 aromatic rings. The summed E-state index contributed by atoms with van der Waals surface area (Å²) in [6.07, 6.45) is 5.54. The molecule has 0 bridgehead atoms. The fourth-order valence-electron chi connectivity index (χ4n) is 3.65. The second kappa shape index (κ2) is 8.46. The van der Waals surface area contributed by atoms with Crippen LogP contribution in [0.25, 0.3) is 5.65 Å². The Labute approximate surface area is 183 Å². The van der Waals surface area contributed by atoms with Crippen molar-refractivity contribution < 1.29 is 13.2 Å². The number of fused-ring (bicyclic) bond motifs is 1. The van der Waals surface area contributed by atoms with E-state index in [1.807, 2.05) is 28.9 Å². The highest BCUT2D eigenvalue weighted by Gasteiger charge is 2.25. The molecule has 1 aliphatic rings. The summed E-state index contributed by atoms with van der Waals surface area (Å²) >= 11 is 3.47. The third kappa shape index (κ3) is 4.89. The topological polar surface area (TPSA) is 110 Å². The van der Waals surface area contributed by atoms with Crippen molar-refractivity contribution in [1.29, 1.82) is 0 Å². The summed E-state index contributed by atoms with van der Waals surface area (Å²) in [7, 11) is -3.74. The maximum atomic E-state index is 12.6. The summed E-state index contributed by atoms with van der Waals surface area (Å²) in [5, 5.41) is 7.96. The van der Waals surface area contributed by atoms with Gasteiger partial charge < -0.3 is 9.72 Å². The molecule has 1 fully saturated rings. The standard InChI is InChI=1S/C20H22BrN5O3S/c21-15-1-6-19-23-17(13-26(19)11-15)12-25-9-7-14(8-10-25)20(27)24-16-2-4-18(5-3-16)30(22,28)29/h1-6,11,13-14H,7-10,12H2,(H,24,27)(H2,22,28,29). The minimum Gasteiger partial charge on any atom is -0.326 e. The number of piperidine rings is 1. The lowest BCUT2D eigenvalue weighted by Gasteiger charge is -2.30. The number of pyridine rings is 1. The van der Waals surface area contributed by atoms with Gasteiger partial charge in [0.05, 0.1) is 10.6 Å². The molecular formula is C20H22BrN5O3S. The maximum absolute atomic E-state index is 12.6. The van der Waals surface area contributed by atoms with E-state index in [2.05, 4.69) is 31.1 Å². The second-order valence-corrected chi connectivity index (χ2v) is 9.93. The highest BCUT2D eigenvalue weighted by Crippen LogP contribution is 2.22. The summed E-state index contributed by atoms with van der Waals surface area (Å²) < 4.78 is 25.6. The number of rotatable bonds is 5. The first kappa shape index (κ1) is 21.0. The van der Waals surface area contributed by atoms with Gasteiger partial charge in [-0.2, -0.15) is 0 Å². The number of primary sulfonamides is 1. The SMILES string of the molecule is NS(=O)(=O)c1ccc(NC(=O)C2CCN(Cc3cn4cc(Br)ccc4n3)CC2)cc1. The monoisotopic (exact) mass is 491 g/mol. The Kier molecular flexibility index (Phi) is 5.92. The molecule has 1 amide bonds. The number of anilines is 1. The third-order valence-electron chi connectivity index (χ3n) is 5.26. The number of nitrogens with two attached hydrogens (primary N) is 1. The van der Waals surface area contributed by atoms with Crippen LogP contribution in [0.5, 0.6) is 0 Å². The Hall–Kier alpha value is -2.27. The van der Waals surface area contributed by atoms with Crippen molar-refractivity contribution in [3.05, 3.63) is 59.0 Å². The van der Waals surface area contributed by atoms with Crippen molar-refractivity contribution >= 4 is 43.2 Å². The molecule has 0 saturated carbocycles. The minimum absolute atomic E-state index is 0.0214. The van der Waals surface area contributed by atoms with E-state index >= 15 is 0 Å². The fourth-order valence-corrected chi connectivity index (χ4v) is 4.52. The average molecular weight is 492 g/mol. The van der Waals surface area contributed by atoms with Gasteiger partial charge in [-0.25, -0.2) is 18.5 Å². The van der Waals surface area contributed by atoms with E-state index in [-0.39, 0.29) is 16.7 Å². The quantitative estimate of drug-likeness (QED) is 0.569. The summed E-state index contributed by atoms with van der Waals surface area (Å²) in [6.45, 7) is 2.39. The lowest BCUT2D eigenvalue weighted by atomic mass is 9.95. The first-order chi connectivity index (χ1) is 14.3. The number of hydrogen-bond acceptors (Lipinski definition) is 5. The third-order valence-corrected chi connectivity index (χ3v) is 6.66. The summed E-state index contributed by atoms with van der Waals surface area (Å²) in [4.78, 5) is 19.6. The number of carbonyl (C=O) groups is 1. The summed E-state index contributed by atoms with van der Waals surface area (Å²) in [5.74, 6) is -0.119. The predicted molar refractivity (Wildman–Crippen MR) is 117 cm³/mol. The minimum atomic E-state index is -3.74. The van der Waals surface area contributed by atoms with Crippen LogP contribution in [0.3, 0.4) is 0 Å². The van der Waals surface area contributed by atoms with Gasteiger partial charge in [-0.3, -0.25) is 9.69 Å². The molecule has 3 N–H and O–H groups in total. The van der Waals surface area contributed by atoms with Crippen molar-refractivity contribution in [2.24, 2.45) is 11.1 Å². The lowest BCUT2D eigenvalue weighted by molar-refractivity contribution is -0.121. The van der Waals surface area contributed by atoms with Crippen LogP contribution in [0.4, 0.5) is 5.69 Å². The zero-order valence-electron chi connectivity index (χ0n) is 16.2. The molecule has 0 atom stereocenters. The molecular weight excluding hydrogens is 470 g/mol. The van der Waals surface area contributed by atoms with E-state index in [1.165, 1.54) is 12.1 Å². The van der Waals surface area contributed by atoms with Crippen molar-refractivity contribution in [3.8, 4) is 0 Å². The molecule has 1 aliphatic heterocycles. The van der Waals surface area contributed by atoms with E-state index in [4.69, 9.17) is 5.14 Å². The Morgan fingerprint density at radius 2 is 1.83 bits per heavy atom. The Bertz CT molecular complexity index is 1170. The van der Waals surface area contributed by atoms with Crippen LogP contribution in [0.2, 0.25) is 0 Å². The van der Waals surface area contributed by atoms with Crippen LogP contribution in [-0.2, 0) is 21.4 Å². The highest BCUT2D eigenvalue weighted by molar-refractivity contribution is 9.10. The second-order valence-electron chi connectivity index (χ2n) is 7.45. The van der Waals surface area contributed by atoms with Gasteiger partial charge in [0.25, 0.3) is 0 Å². The predicted octanol–water partition coefficient (Wildman–Crippen LogP) is 2.59. The van der Waals surface area contributed by atoms with Crippen LogP contribution in [0, 0.1) is 5.92 Å². The molecule has 8 nitrogen and oxygen atoms in total. The highest BCUT2D eigenvalue weighted by atomic mass is 79.9. The number of amides is 1. The van der Waals surface area contributed by atoms with Gasteiger partial charge >= 0.3 is 0 Å².